The van der Waals surface area contributed by atoms with Gasteiger partial charge >= 0.3 is 0 Å². The third kappa shape index (κ3) is 3.09. The van der Waals surface area contributed by atoms with Crippen LogP contribution < -0.4 is 9.64 Å². The van der Waals surface area contributed by atoms with E-state index in [1.165, 1.54) is 6.42 Å². The Hall–Kier alpha value is -3.09. The number of likely N-dealkylation sites (tertiary alicyclic amines) is 1. The maximum absolute atomic E-state index is 13.0. The van der Waals surface area contributed by atoms with Crippen molar-refractivity contribution < 1.29 is 14.3 Å². The molecular weight excluding hydrogens is 380 g/mol. The van der Waals surface area contributed by atoms with Gasteiger partial charge < -0.3 is 19.4 Å². The minimum absolute atomic E-state index is 0.0253. The normalized spacial score (nSPS) is 20.7. The first-order chi connectivity index (χ1) is 14.5. The number of anilines is 2. The molecule has 1 unspecified atom stereocenters. The molecule has 0 bridgehead atoms. The number of hydrogen-bond donors (Lipinski definition) is 0. The molecule has 0 saturated carbocycles. The summed E-state index contributed by atoms with van der Waals surface area (Å²) in [5.74, 6) is 1.43. The second kappa shape index (κ2) is 7.31. The predicted octanol–water partition coefficient (Wildman–Crippen LogP) is 3.21. The SMILES string of the molecule is CC1CCCCN1C(=O)c1cnc2c(c1)OCCN2c1ccc2c(c1)CN(C)C2=O. The summed E-state index contributed by atoms with van der Waals surface area (Å²) in [6.07, 6.45) is 4.93. The average Bonchev–Trinajstić information content (AvgIpc) is 3.05. The molecule has 0 spiro atoms. The van der Waals surface area contributed by atoms with E-state index in [1.54, 1.807) is 11.1 Å². The summed E-state index contributed by atoms with van der Waals surface area (Å²) in [5, 5.41) is 0. The number of benzene rings is 1. The van der Waals surface area contributed by atoms with E-state index in [-0.39, 0.29) is 17.9 Å². The van der Waals surface area contributed by atoms with Crippen LogP contribution in [0.5, 0.6) is 5.75 Å². The van der Waals surface area contributed by atoms with Gasteiger partial charge in [0.05, 0.1) is 12.1 Å². The molecule has 156 valence electrons. The first-order valence-electron chi connectivity index (χ1n) is 10.6. The van der Waals surface area contributed by atoms with Crippen LogP contribution in [0.1, 0.15) is 52.5 Å². The van der Waals surface area contributed by atoms with E-state index in [0.29, 0.717) is 36.8 Å². The number of piperidine rings is 1. The lowest BCUT2D eigenvalue weighted by Crippen LogP contribution is -2.42. The molecule has 7 nitrogen and oxygen atoms in total. The van der Waals surface area contributed by atoms with Crippen molar-refractivity contribution in [2.24, 2.45) is 0 Å². The standard InChI is InChI=1S/C23H26N4O3/c1-15-5-3-4-8-26(15)22(28)16-12-20-21(24-13-16)27(9-10-30-20)18-6-7-19-17(11-18)14-25(2)23(19)29/h6-7,11-13,15H,3-5,8-10,14H2,1-2H3. The van der Waals surface area contributed by atoms with Crippen LogP contribution in [0.15, 0.2) is 30.5 Å². The molecule has 1 aromatic carbocycles. The fraction of sp³-hybridized carbons (Fsp3) is 0.435. The van der Waals surface area contributed by atoms with Gasteiger partial charge in [-0.05, 0) is 56.0 Å². The molecule has 1 fully saturated rings. The molecule has 0 N–H and O–H groups in total. The van der Waals surface area contributed by atoms with Gasteiger partial charge in [0.25, 0.3) is 11.8 Å². The Bertz CT molecular complexity index is 1020. The van der Waals surface area contributed by atoms with E-state index in [1.807, 2.05) is 30.1 Å². The van der Waals surface area contributed by atoms with Crippen LogP contribution in [-0.2, 0) is 6.54 Å². The topological polar surface area (TPSA) is 66.0 Å². The summed E-state index contributed by atoms with van der Waals surface area (Å²) in [7, 11) is 1.81. The number of hydrogen-bond acceptors (Lipinski definition) is 5. The van der Waals surface area contributed by atoms with Gasteiger partial charge in [-0.25, -0.2) is 4.98 Å². The van der Waals surface area contributed by atoms with Gasteiger partial charge in [-0.3, -0.25) is 9.59 Å². The van der Waals surface area contributed by atoms with E-state index in [4.69, 9.17) is 4.74 Å². The molecule has 30 heavy (non-hydrogen) atoms. The van der Waals surface area contributed by atoms with Gasteiger partial charge in [-0.2, -0.15) is 0 Å². The molecule has 5 rings (SSSR count). The van der Waals surface area contributed by atoms with Gasteiger partial charge in [0.2, 0.25) is 0 Å². The highest BCUT2D eigenvalue weighted by Gasteiger charge is 2.29. The van der Waals surface area contributed by atoms with Gasteiger partial charge in [-0.1, -0.05) is 0 Å². The van der Waals surface area contributed by atoms with Crippen molar-refractivity contribution in [3.8, 4) is 5.75 Å². The molecule has 1 saturated heterocycles. The lowest BCUT2D eigenvalue weighted by molar-refractivity contribution is 0.0634. The Kier molecular flexibility index (Phi) is 4.60. The molecule has 3 aliphatic heterocycles. The van der Waals surface area contributed by atoms with Gasteiger partial charge in [0.1, 0.15) is 6.61 Å². The van der Waals surface area contributed by atoms with Crippen molar-refractivity contribution in [2.45, 2.75) is 38.8 Å². The molecular formula is C23H26N4O3. The van der Waals surface area contributed by atoms with Crippen LogP contribution >= 0.6 is 0 Å². The molecule has 1 atom stereocenters. The van der Waals surface area contributed by atoms with Crippen LogP contribution in [0.4, 0.5) is 11.5 Å². The Morgan fingerprint density at radius 2 is 2.07 bits per heavy atom. The minimum Gasteiger partial charge on any atom is -0.488 e. The van der Waals surface area contributed by atoms with Crippen molar-refractivity contribution in [3.63, 3.8) is 0 Å². The third-order valence-corrected chi connectivity index (χ3v) is 6.36. The maximum atomic E-state index is 13.0. The molecule has 0 radical (unpaired) electrons. The van der Waals surface area contributed by atoms with Crippen molar-refractivity contribution in [1.82, 2.24) is 14.8 Å². The zero-order valence-corrected chi connectivity index (χ0v) is 17.4. The summed E-state index contributed by atoms with van der Waals surface area (Å²) in [5.41, 5.74) is 3.35. The minimum atomic E-state index is 0.0253. The van der Waals surface area contributed by atoms with Crippen molar-refractivity contribution >= 4 is 23.3 Å². The summed E-state index contributed by atoms with van der Waals surface area (Å²) in [6, 6.07) is 7.99. The fourth-order valence-electron chi connectivity index (χ4n) is 4.65. The average molecular weight is 406 g/mol. The second-order valence-corrected chi connectivity index (χ2v) is 8.39. The summed E-state index contributed by atoms with van der Waals surface area (Å²) < 4.78 is 5.87. The van der Waals surface area contributed by atoms with Crippen LogP contribution in [0.2, 0.25) is 0 Å². The van der Waals surface area contributed by atoms with Gasteiger partial charge in [0.15, 0.2) is 11.6 Å². The summed E-state index contributed by atoms with van der Waals surface area (Å²) in [6.45, 7) is 4.71. The molecule has 7 heteroatoms. The highest BCUT2D eigenvalue weighted by molar-refractivity contribution is 5.99. The van der Waals surface area contributed by atoms with E-state index < -0.39 is 0 Å². The molecule has 3 aliphatic rings. The summed E-state index contributed by atoms with van der Waals surface area (Å²) in [4.78, 5) is 35.6. The number of amides is 2. The van der Waals surface area contributed by atoms with Crippen LogP contribution in [0, 0.1) is 0 Å². The van der Waals surface area contributed by atoms with Crippen LogP contribution in [-0.4, -0.2) is 59.4 Å². The predicted molar refractivity (Wildman–Crippen MR) is 113 cm³/mol. The second-order valence-electron chi connectivity index (χ2n) is 8.39. The molecule has 2 amide bonds. The number of ether oxygens (including phenoxy) is 1. The Morgan fingerprint density at radius 1 is 1.20 bits per heavy atom. The number of carbonyl (C=O) groups excluding carboxylic acids is 2. The van der Waals surface area contributed by atoms with E-state index in [9.17, 15) is 9.59 Å². The first-order valence-corrected chi connectivity index (χ1v) is 10.6. The van der Waals surface area contributed by atoms with Gasteiger partial charge in [0, 0.05) is 43.6 Å². The zero-order valence-electron chi connectivity index (χ0n) is 17.4. The smallest absolute Gasteiger partial charge is 0.255 e. The fourth-order valence-corrected chi connectivity index (χ4v) is 4.65. The Labute approximate surface area is 176 Å². The monoisotopic (exact) mass is 406 g/mol. The van der Waals surface area contributed by atoms with Crippen LogP contribution in [0.25, 0.3) is 0 Å². The summed E-state index contributed by atoms with van der Waals surface area (Å²) >= 11 is 0. The highest BCUT2D eigenvalue weighted by Crippen LogP contribution is 2.37. The van der Waals surface area contributed by atoms with Crippen LogP contribution in [0.3, 0.4) is 0 Å². The molecule has 2 aromatic rings. The number of rotatable bonds is 2. The maximum Gasteiger partial charge on any atom is 0.255 e. The third-order valence-electron chi connectivity index (χ3n) is 6.36. The lowest BCUT2D eigenvalue weighted by atomic mass is 10.0. The number of nitrogens with zero attached hydrogens (tertiary/aromatic N) is 4. The number of carbonyl (C=O) groups is 2. The van der Waals surface area contributed by atoms with E-state index >= 15 is 0 Å². The Morgan fingerprint density at radius 3 is 2.90 bits per heavy atom. The number of pyridine rings is 1. The van der Waals surface area contributed by atoms with E-state index in [0.717, 1.165) is 36.2 Å². The molecule has 0 aliphatic carbocycles. The van der Waals surface area contributed by atoms with E-state index in [2.05, 4.69) is 22.9 Å². The molecule has 1 aromatic heterocycles. The first kappa shape index (κ1) is 18.9. The molecule has 4 heterocycles. The highest BCUT2D eigenvalue weighted by atomic mass is 16.5. The Balaban J connectivity index is 1.44. The van der Waals surface area contributed by atoms with Crippen molar-refractivity contribution in [1.29, 1.82) is 0 Å². The lowest BCUT2D eigenvalue weighted by Gasteiger charge is -2.34. The number of aromatic nitrogens is 1. The van der Waals surface area contributed by atoms with Crippen molar-refractivity contribution in [3.05, 3.63) is 47.2 Å². The number of fused-ring (bicyclic) bond motifs is 2. The van der Waals surface area contributed by atoms with Crippen molar-refractivity contribution in [2.75, 3.05) is 31.6 Å². The largest absolute Gasteiger partial charge is 0.488 e. The quantitative estimate of drug-likeness (QED) is 0.766. The zero-order chi connectivity index (χ0) is 20.8. The van der Waals surface area contributed by atoms with Gasteiger partial charge in [-0.15, -0.1) is 0 Å².